The van der Waals surface area contributed by atoms with E-state index in [0.717, 1.165) is 22.3 Å². The summed E-state index contributed by atoms with van der Waals surface area (Å²) in [5, 5.41) is 4.38. The average Bonchev–Trinajstić information content (AvgIpc) is 2.72. The molecule has 0 bridgehead atoms. The van der Waals surface area contributed by atoms with Gasteiger partial charge in [-0.2, -0.15) is 5.10 Å². The molecule has 1 heterocycles. The van der Waals surface area contributed by atoms with Crippen LogP contribution in [0.2, 0.25) is 0 Å². The molecule has 0 aliphatic heterocycles. The first-order chi connectivity index (χ1) is 9.58. The lowest BCUT2D eigenvalue weighted by molar-refractivity contribution is 0.277. The Labute approximate surface area is 130 Å². The maximum Gasteiger partial charge on any atom is 0.165 e. The van der Waals surface area contributed by atoms with Crippen molar-refractivity contribution in [2.24, 2.45) is 7.05 Å². The number of ether oxygens (including phenoxy) is 1. The Kier molecular flexibility index (Phi) is 5.05. The largest absolute Gasteiger partial charge is 0.484 e. The normalized spacial score (nSPS) is 10.8. The Hall–Kier alpha value is -1.07. The summed E-state index contributed by atoms with van der Waals surface area (Å²) in [5.41, 5.74) is 2.46. The molecule has 20 heavy (non-hydrogen) atoms. The van der Waals surface area contributed by atoms with Crippen LogP contribution in [0.25, 0.3) is 0 Å². The Bertz CT molecular complexity index is 615. The topological polar surface area (TPSA) is 27.1 Å². The number of aryl methyl sites for hydroxylation is 2. The zero-order valence-corrected chi connectivity index (χ0v) is 13.6. The average molecular weight is 362 g/mol. The third kappa shape index (κ3) is 2.99. The molecular formula is C14H15BrClFN2O. The molecule has 0 fully saturated rings. The molecule has 0 aliphatic carbocycles. The van der Waals surface area contributed by atoms with Crippen LogP contribution >= 0.6 is 27.5 Å². The molecule has 0 atom stereocenters. The van der Waals surface area contributed by atoms with Crippen LogP contribution in [-0.4, -0.2) is 9.78 Å². The Morgan fingerprint density at radius 1 is 1.45 bits per heavy atom. The number of aromatic nitrogens is 2. The molecule has 0 saturated heterocycles. The van der Waals surface area contributed by atoms with Crippen molar-refractivity contribution in [1.82, 2.24) is 9.78 Å². The highest BCUT2D eigenvalue weighted by molar-refractivity contribution is 9.10. The summed E-state index contributed by atoms with van der Waals surface area (Å²) in [5.74, 6) is 0.00524. The minimum Gasteiger partial charge on any atom is -0.484 e. The van der Waals surface area contributed by atoms with E-state index in [4.69, 9.17) is 16.3 Å². The first kappa shape index (κ1) is 15.3. The van der Waals surface area contributed by atoms with Gasteiger partial charge >= 0.3 is 0 Å². The molecule has 1 aromatic carbocycles. The van der Waals surface area contributed by atoms with Gasteiger partial charge in [-0.1, -0.05) is 19.1 Å². The summed E-state index contributed by atoms with van der Waals surface area (Å²) in [4.78, 5) is 0. The second kappa shape index (κ2) is 6.59. The summed E-state index contributed by atoms with van der Waals surface area (Å²) >= 11 is 9.31. The number of para-hydroxylation sites is 1. The monoisotopic (exact) mass is 360 g/mol. The van der Waals surface area contributed by atoms with E-state index in [1.165, 1.54) is 6.07 Å². The molecule has 108 valence electrons. The zero-order chi connectivity index (χ0) is 14.7. The smallest absolute Gasteiger partial charge is 0.165 e. The summed E-state index contributed by atoms with van der Waals surface area (Å²) in [6.07, 6.45) is 0.820. The molecule has 0 saturated carbocycles. The van der Waals surface area contributed by atoms with E-state index in [-0.39, 0.29) is 18.2 Å². The Balaban J connectivity index is 2.23. The van der Waals surface area contributed by atoms with E-state index in [2.05, 4.69) is 21.0 Å². The zero-order valence-electron chi connectivity index (χ0n) is 11.3. The molecular weight excluding hydrogens is 347 g/mol. The SMILES string of the molecule is CCc1nn(C)c(COc2c(F)cccc2CCl)c1Br. The number of rotatable bonds is 5. The van der Waals surface area contributed by atoms with Gasteiger partial charge in [-0.05, 0) is 28.4 Å². The highest BCUT2D eigenvalue weighted by Gasteiger charge is 2.15. The fourth-order valence-electron chi connectivity index (χ4n) is 1.94. The molecule has 3 nitrogen and oxygen atoms in total. The number of halogens is 3. The van der Waals surface area contributed by atoms with Crippen LogP contribution in [-0.2, 0) is 26.0 Å². The van der Waals surface area contributed by atoms with Gasteiger partial charge in [-0.3, -0.25) is 4.68 Å². The van der Waals surface area contributed by atoms with Crippen LogP contribution in [0.3, 0.4) is 0 Å². The molecule has 0 aliphatic rings. The molecule has 6 heteroatoms. The summed E-state index contributed by atoms with van der Waals surface area (Å²) in [6, 6.07) is 4.73. The van der Waals surface area contributed by atoms with Gasteiger partial charge in [-0.25, -0.2) is 4.39 Å². The Morgan fingerprint density at radius 3 is 2.80 bits per heavy atom. The highest BCUT2D eigenvalue weighted by Crippen LogP contribution is 2.27. The lowest BCUT2D eigenvalue weighted by Gasteiger charge is -2.11. The van der Waals surface area contributed by atoms with Crippen LogP contribution in [0.5, 0.6) is 5.75 Å². The van der Waals surface area contributed by atoms with Gasteiger partial charge in [0.2, 0.25) is 0 Å². The Morgan fingerprint density at radius 2 is 2.20 bits per heavy atom. The number of nitrogens with zero attached hydrogens (tertiary/aromatic N) is 2. The first-order valence-electron chi connectivity index (χ1n) is 6.24. The van der Waals surface area contributed by atoms with Gasteiger partial charge in [-0.15, -0.1) is 11.6 Å². The van der Waals surface area contributed by atoms with Crippen LogP contribution in [0, 0.1) is 5.82 Å². The van der Waals surface area contributed by atoms with Crippen molar-refractivity contribution >= 4 is 27.5 Å². The lowest BCUT2D eigenvalue weighted by atomic mass is 10.2. The molecule has 1 aromatic heterocycles. The minimum absolute atomic E-state index is 0.202. The quantitative estimate of drug-likeness (QED) is 0.746. The van der Waals surface area contributed by atoms with E-state index >= 15 is 0 Å². The molecule has 0 N–H and O–H groups in total. The number of alkyl halides is 1. The fourth-order valence-corrected chi connectivity index (χ4v) is 2.88. The van der Waals surface area contributed by atoms with Crippen LogP contribution in [0.4, 0.5) is 4.39 Å². The van der Waals surface area contributed by atoms with Gasteiger partial charge < -0.3 is 4.74 Å². The van der Waals surface area contributed by atoms with E-state index in [1.54, 1.807) is 16.8 Å². The van der Waals surface area contributed by atoms with Crippen LogP contribution in [0.15, 0.2) is 22.7 Å². The third-order valence-electron chi connectivity index (χ3n) is 3.05. The summed E-state index contributed by atoms with van der Waals surface area (Å²) in [6.45, 7) is 2.26. The number of hydrogen-bond acceptors (Lipinski definition) is 2. The first-order valence-corrected chi connectivity index (χ1v) is 7.57. The maximum absolute atomic E-state index is 13.8. The van der Waals surface area contributed by atoms with Crippen LogP contribution in [0.1, 0.15) is 23.9 Å². The van der Waals surface area contributed by atoms with Crippen molar-refractivity contribution < 1.29 is 9.13 Å². The standard InChI is InChI=1S/C14H15BrClFN2O/c1-3-11-13(15)12(19(2)18-11)8-20-14-9(7-16)5-4-6-10(14)17/h4-6H,3,7-8H2,1-2H3. The van der Waals surface area contributed by atoms with E-state index in [0.29, 0.717) is 5.56 Å². The maximum atomic E-state index is 13.8. The van der Waals surface area contributed by atoms with Gasteiger partial charge in [0.15, 0.2) is 11.6 Å². The fraction of sp³-hybridized carbons (Fsp3) is 0.357. The van der Waals surface area contributed by atoms with E-state index in [1.807, 2.05) is 14.0 Å². The number of hydrogen-bond donors (Lipinski definition) is 0. The lowest BCUT2D eigenvalue weighted by Crippen LogP contribution is -2.05. The molecule has 0 amide bonds. The second-order valence-corrected chi connectivity index (χ2v) is 5.40. The van der Waals surface area contributed by atoms with Gasteiger partial charge in [0.25, 0.3) is 0 Å². The molecule has 0 unspecified atom stereocenters. The molecule has 0 spiro atoms. The van der Waals surface area contributed by atoms with Crippen molar-refractivity contribution in [2.75, 3.05) is 0 Å². The highest BCUT2D eigenvalue weighted by atomic mass is 79.9. The van der Waals surface area contributed by atoms with Crippen molar-refractivity contribution in [1.29, 1.82) is 0 Å². The molecule has 0 radical (unpaired) electrons. The third-order valence-corrected chi connectivity index (χ3v) is 4.25. The molecule has 2 aromatic rings. The van der Waals surface area contributed by atoms with Crippen molar-refractivity contribution in [3.63, 3.8) is 0 Å². The predicted molar refractivity (Wildman–Crippen MR) is 80.6 cm³/mol. The van der Waals surface area contributed by atoms with Crippen molar-refractivity contribution in [2.45, 2.75) is 25.8 Å². The van der Waals surface area contributed by atoms with Crippen molar-refractivity contribution in [3.8, 4) is 5.75 Å². The predicted octanol–water partition coefficient (Wildman–Crippen LogP) is 4.20. The van der Waals surface area contributed by atoms with Gasteiger partial charge in [0.05, 0.1) is 21.7 Å². The number of benzene rings is 1. The van der Waals surface area contributed by atoms with E-state index in [9.17, 15) is 4.39 Å². The molecule has 2 rings (SSSR count). The second-order valence-electron chi connectivity index (χ2n) is 4.33. The van der Waals surface area contributed by atoms with Gasteiger partial charge in [0.1, 0.15) is 6.61 Å². The summed E-state index contributed by atoms with van der Waals surface area (Å²) in [7, 11) is 1.84. The van der Waals surface area contributed by atoms with Crippen LogP contribution < -0.4 is 4.74 Å². The summed E-state index contributed by atoms with van der Waals surface area (Å²) < 4.78 is 22.1. The van der Waals surface area contributed by atoms with E-state index < -0.39 is 5.82 Å². The minimum atomic E-state index is -0.405. The van der Waals surface area contributed by atoms with Crippen molar-refractivity contribution in [3.05, 3.63) is 45.4 Å². The van der Waals surface area contributed by atoms with Gasteiger partial charge in [0, 0.05) is 12.6 Å².